The lowest BCUT2D eigenvalue weighted by Crippen LogP contribution is -2.23. The summed E-state index contributed by atoms with van der Waals surface area (Å²) in [5, 5.41) is 12.8. The molecule has 1 atom stereocenters. The highest BCUT2D eigenvalue weighted by molar-refractivity contribution is 5.75. The van der Waals surface area contributed by atoms with Crippen LogP contribution in [0.25, 0.3) is 0 Å². The van der Waals surface area contributed by atoms with Gasteiger partial charge in [-0.05, 0) is 25.7 Å². The van der Waals surface area contributed by atoms with Gasteiger partial charge in [0, 0.05) is 13.0 Å². The minimum Gasteiger partial charge on any atom is -0.393 e. The van der Waals surface area contributed by atoms with Gasteiger partial charge in [-0.2, -0.15) is 0 Å². The SMILES string of the molecule is CCCCCC[C@@H](O)CCCCCCCCCCC(=O)NCCC. The molecule has 0 radical (unpaired) electrons. The second-order valence-electron chi connectivity index (χ2n) is 7.22. The Morgan fingerprint density at radius 2 is 1.25 bits per heavy atom. The van der Waals surface area contributed by atoms with Gasteiger partial charge < -0.3 is 10.4 Å². The van der Waals surface area contributed by atoms with E-state index >= 15 is 0 Å². The van der Waals surface area contributed by atoms with Crippen LogP contribution in [0.4, 0.5) is 0 Å². The van der Waals surface area contributed by atoms with E-state index in [0.29, 0.717) is 6.42 Å². The second-order valence-corrected chi connectivity index (χ2v) is 7.22. The van der Waals surface area contributed by atoms with Gasteiger partial charge >= 0.3 is 0 Å². The number of aliphatic hydroxyl groups excluding tert-OH is 1. The summed E-state index contributed by atoms with van der Waals surface area (Å²) in [6.45, 7) is 5.11. The van der Waals surface area contributed by atoms with Crippen molar-refractivity contribution in [3.8, 4) is 0 Å². The van der Waals surface area contributed by atoms with E-state index in [1.165, 1.54) is 70.6 Å². The van der Waals surface area contributed by atoms with E-state index in [4.69, 9.17) is 0 Å². The Hall–Kier alpha value is -0.570. The third-order valence-corrected chi connectivity index (χ3v) is 4.65. The van der Waals surface area contributed by atoms with Gasteiger partial charge in [0.1, 0.15) is 0 Å². The predicted octanol–water partition coefficient (Wildman–Crippen LogP) is 5.74. The Morgan fingerprint density at radius 1 is 0.750 bits per heavy atom. The monoisotopic (exact) mass is 341 g/mol. The maximum atomic E-state index is 11.4. The van der Waals surface area contributed by atoms with Crippen molar-refractivity contribution in [2.45, 2.75) is 123 Å². The van der Waals surface area contributed by atoms with Crippen molar-refractivity contribution in [3.63, 3.8) is 0 Å². The van der Waals surface area contributed by atoms with Gasteiger partial charge in [0.2, 0.25) is 5.91 Å². The van der Waals surface area contributed by atoms with Crippen molar-refractivity contribution in [1.29, 1.82) is 0 Å². The van der Waals surface area contributed by atoms with Gasteiger partial charge in [0.05, 0.1) is 6.10 Å². The van der Waals surface area contributed by atoms with Crippen LogP contribution >= 0.6 is 0 Å². The molecule has 0 heterocycles. The molecule has 0 saturated carbocycles. The maximum Gasteiger partial charge on any atom is 0.219 e. The highest BCUT2D eigenvalue weighted by atomic mass is 16.3. The lowest BCUT2D eigenvalue weighted by Gasteiger charge is -2.10. The number of rotatable bonds is 18. The Morgan fingerprint density at radius 3 is 1.79 bits per heavy atom. The molecule has 0 spiro atoms. The molecule has 24 heavy (non-hydrogen) atoms. The fraction of sp³-hybridized carbons (Fsp3) is 0.952. The molecule has 0 fully saturated rings. The quantitative estimate of drug-likeness (QED) is 0.312. The summed E-state index contributed by atoms with van der Waals surface area (Å²) >= 11 is 0. The van der Waals surface area contributed by atoms with E-state index in [-0.39, 0.29) is 12.0 Å². The first kappa shape index (κ1) is 23.4. The number of carbonyl (C=O) groups excluding carboxylic acids is 1. The van der Waals surface area contributed by atoms with Crippen LogP contribution in [0.15, 0.2) is 0 Å². The lowest BCUT2D eigenvalue weighted by atomic mass is 10.0. The van der Waals surface area contributed by atoms with E-state index in [1.807, 2.05) is 0 Å². The van der Waals surface area contributed by atoms with Crippen LogP contribution in [-0.4, -0.2) is 23.7 Å². The van der Waals surface area contributed by atoms with E-state index < -0.39 is 0 Å². The third kappa shape index (κ3) is 17.8. The van der Waals surface area contributed by atoms with Crippen LogP contribution in [0.5, 0.6) is 0 Å². The highest BCUT2D eigenvalue weighted by Gasteiger charge is 2.03. The summed E-state index contributed by atoms with van der Waals surface area (Å²) in [7, 11) is 0. The molecule has 0 unspecified atom stereocenters. The average molecular weight is 342 g/mol. The van der Waals surface area contributed by atoms with Crippen molar-refractivity contribution in [2.75, 3.05) is 6.54 Å². The molecule has 0 rings (SSSR count). The normalized spacial score (nSPS) is 12.3. The van der Waals surface area contributed by atoms with Crippen LogP contribution in [-0.2, 0) is 4.79 Å². The largest absolute Gasteiger partial charge is 0.393 e. The molecule has 3 heteroatoms. The van der Waals surface area contributed by atoms with Crippen LogP contribution in [0.1, 0.15) is 117 Å². The minimum atomic E-state index is -0.0688. The molecule has 0 saturated heterocycles. The first-order chi connectivity index (χ1) is 11.7. The predicted molar refractivity (Wildman–Crippen MR) is 104 cm³/mol. The van der Waals surface area contributed by atoms with E-state index in [1.54, 1.807) is 0 Å². The summed E-state index contributed by atoms with van der Waals surface area (Å²) in [5.74, 6) is 0.213. The zero-order valence-corrected chi connectivity index (χ0v) is 16.5. The number of aliphatic hydroxyl groups is 1. The van der Waals surface area contributed by atoms with Crippen LogP contribution < -0.4 is 5.32 Å². The number of nitrogens with one attached hydrogen (secondary N) is 1. The molecular formula is C21H43NO2. The number of hydrogen-bond acceptors (Lipinski definition) is 2. The van der Waals surface area contributed by atoms with Crippen molar-refractivity contribution in [1.82, 2.24) is 5.32 Å². The molecule has 0 aliphatic rings. The van der Waals surface area contributed by atoms with Gasteiger partial charge in [-0.1, -0.05) is 84.5 Å². The van der Waals surface area contributed by atoms with Gasteiger partial charge in [0.15, 0.2) is 0 Å². The molecule has 144 valence electrons. The van der Waals surface area contributed by atoms with Gasteiger partial charge in [0.25, 0.3) is 0 Å². The van der Waals surface area contributed by atoms with E-state index in [9.17, 15) is 9.90 Å². The molecule has 3 nitrogen and oxygen atoms in total. The Bertz CT molecular complexity index is 269. The molecule has 0 aliphatic carbocycles. The summed E-state index contributed by atoms with van der Waals surface area (Å²) in [6, 6.07) is 0. The highest BCUT2D eigenvalue weighted by Crippen LogP contribution is 2.14. The van der Waals surface area contributed by atoms with Crippen LogP contribution in [0.3, 0.4) is 0 Å². The van der Waals surface area contributed by atoms with Gasteiger partial charge in [-0.15, -0.1) is 0 Å². The first-order valence-corrected chi connectivity index (χ1v) is 10.7. The summed E-state index contributed by atoms with van der Waals surface area (Å²) in [4.78, 5) is 11.4. The van der Waals surface area contributed by atoms with E-state index in [2.05, 4.69) is 19.2 Å². The zero-order valence-electron chi connectivity index (χ0n) is 16.5. The second kappa shape index (κ2) is 18.8. The number of carbonyl (C=O) groups is 1. The molecule has 0 aliphatic heterocycles. The van der Waals surface area contributed by atoms with Gasteiger partial charge in [-0.25, -0.2) is 0 Å². The third-order valence-electron chi connectivity index (χ3n) is 4.65. The van der Waals surface area contributed by atoms with Crippen molar-refractivity contribution >= 4 is 5.91 Å². The van der Waals surface area contributed by atoms with Crippen molar-refractivity contribution in [3.05, 3.63) is 0 Å². The fourth-order valence-corrected chi connectivity index (χ4v) is 3.03. The first-order valence-electron chi connectivity index (χ1n) is 10.7. The molecule has 0 bridgehead atoms. The Labute approximate surface area is 151 Å². The minimum absolute atomic E-state index is 0.0688. The summed E-state index contributed by atoms with van der Waals surface area (Å²) < 4.78 is 0. The summed E-state index contributed by atoms with van der Waals surface area (Å²) in [5.41, 5.74) is 0. The maximum absolute atomic E-state index is 11.4. The number of unbranched alkanes of at least 4 members (excludes halogenated alkanes) is 10. The lowest BCUT2D eigenvalue weighted by molar-refractivity contribution is -0.121. The summed E-state index contributed by atoms with van der Waals surface area (Å²) in [6.07, 6.45) is 18.4. The fourth-order valence-electron chi connectivity index (χ4n) is 3.03. The molecule has 1 amide bonds. The van der Waals surface area contributed by atoms with Crippen LogP contribution in [0.2, 0.25) is 0 Å². The van der Waals surface area contributed by atoms with E-state index in [0.717, 1.165) is 32.2 Å². The molecule has 2 N–H and O–H groups in total. The topological polar surface area (TPSA) is 49.3 Å². The smallest absolute Gasteiger partial charge is 0.219 e. The van der Waals surface area contributed by atoms with Crippen molar-refractivity contribution in [2.24, 2.45) is 0 Å². The molecule has 0 aromatic heterocycles. The molecule has 0 aromatic rings. The standard InChI is InChI=1S/C21H43NO2/c1-3-5-6-13-16-20(23)17-14-11-9-7-8-10-12-15-18-21(24)22-19-4-2/h20,23H,3-19H2,1-2H3,(H,22,24)/t20-/m1/s1. The molecule has 0 aromatic carbocycles. The van der Waals surface area contributed by atoms with Crippen molar-refractivity contribution < 1.29 is 9.90 Å². The molecular weight excluding hydrogens is 298 g/mol. The number of hydrogen-bond donors (Lipinski definition) is 2. The Balaban J connectivity index is 3.18. The van der Waals surface area contributed by atoms with Crippen LogP contribution in [0, 0.1) is 0 Å². The average Bonchev–Trinajstić information content (AvgIpc) is 2.58. The number of amides is 1. The van der Waals surface area contributed by atoms with Gasteiger partial charge in [-0.3, -0.25) is 4.79 Å². The zero-order chi connectivity index (χ0) is 17.9. The Kier molecular flexibility index (Phi) is 18.3.